The maximum Gasteiger partial charge on any atom is 0.331 e. The second-order valence-corrected chi connectivity index (χ2v) is 3.45. The first kappa shape index (κ1) is 14.6. The number of carbonyl (C=O) groups is 3. The molecule has 6 nitrogen and oxygen atoms in total. The van der Waals surface area contributed by atoms with Gasteiger partial charge in [0, 0.05) is 6.42 Å². The molecular weight excluding hydrogens is 214 g/mol. The van der Waals surface area contributed by atoms with Gasteiger partial charge >= 0.3 is 17.9 Å². The average molecular weight is 231 g/mol. The Hall–Kier alpha value is -1.43. The number of rotatable bonds is 7. The van der Waals surface area contributed by atoms with Crippen LogP contribution in [0.15, 0.2) is 0 Å². The second kappa shape index (κ2) is 7.81. The molecule has 0 heterocycles. The van der Waals surface area contributed by atoms with E-state index >= 15 is 0 Å². The largest absolute Gasteiger partial charge is 0.481 e. The monoisotopic (exact) mass is 231 g/mol. The summed E-state index contributed by atoms with van der Waals surface area (Å²) >= 11 is 0. The fourth-order valence-electron chi connectivity index (χ4n) is 1.03. The first-order valence-corrected chi connectivity index (χ1v) is 5.19. The van der Waals surface area contributed by atoms with Crippen molar-refractivity contribution in [2.45, 2.75) is 45.1 Å². The molecule has 0 radical (unpaired) electrons. The topological polar surface area (TPSA) is 107 Å². The van der Waals surface area contributed by atoms with E-state index in [0.29, 0.717) is 6.42 Å². The summed E-state index contributed by atoms with van der Waals surface area (Å²) in [6, 6.07) is -1.28. The number of carboxylic acid groups (broad SMARTS) is 1. The number of nitrogens with two attached hydrogens (primary N) is 1. The highest BCUT2D eigenvalue weighted by atomic mass is 16.6. The Bertz CT molecular complexity index is 264. The Morgan fingerprint density at radius 3 is 2.44 bits per heavy atom. The number of unbranched alkanes of at least 4 members (excludes halogenated alkanes) is 2. The molecule has 0 aliphatic rings. The third kappa shape index (κ3) is 6.94. The first-order chi connectivity index (χ1) is 7.47. The van der Waals surface area contributed by atoms with Gasteiger partial charge in [0.15, 0.2) is 0 Å². The van der Waals surface area contributed by atoms with Gasteiger partial charge in [0.1, 0.15) is 6.04 Å². The summed E-state index contributed by atoms with van der Waals surface area (Å²) in [6.45, 7) is 1.99. The Kier molecular flexibility index (Phi) is 7.11. The van der Waals surface area contributed by atoms with Gasteiger partial charge < -0.3 is 15.6 Å². The van der Waals surface area contributed by atoms with Crippen LogP contribution in [0.4, 0.5) is 0 Å². The first-order valence-electron chi connectivity index (χ1n) is 5.19. The van der Waals surface area contributed by atoms with E-state index in [4.69, 9.17) is 10.8 Å². The quantitative estimate of drug-likeness (QED) is 0.374. The standard InChI is InChI=1S/C10H17NO5/c1-2-3-4-5-9(14)16-10(15)7(11)6-8(12)13/h7H,2-6,11H2,1H3,(H,12,13)/t7-/m0/s1. The molecule has 0 amide bonds. The normalized spacial score (nSPS) is 11.9. The SMILES string of the molecule is CCCCCC(=O)OC(=O)[C@@H](N)CC(=O)O. The van der Waals surface area contributed by atoms with Crippen LogP contribution in [0.1, 0.15) is 39.0 Å². The predicted molar refractivity (Wildman–Crippen MR) is 55.5 cm³/mol. The van der Waals surface area contributed by atoms with Crippen molar-refractivity contribution in [1.82, 2.24) is 0 Å². The molecule has 0 unspecified atom stereocenters. The molecule has 0 aromatic carbocycles. The molecule has 0 aliphatic carbocycles. The van der Waals surface area contributed by atoms with Crippen molar-refractivity contribution in [2.75, 3.05) is 0 Å². The summed E-state index contributed by atoms with van der Waals surface area (Å²) in [6.07, 6.45) is 2.10. The van der Waals surface area contributed by atoms with E-state index in [1.165, 1.54) is 0 Å². The summed E-state index contributed by atoms with van der Waals surface area (Å²) < 4.78 is 4.39. The molecule has 0 saturated heterocycles. The van der Waals surface area contributed by atoms with Gasteiger partial charge in [0.25, 0.3) is 0 Å². The van der Waals surface area contributed by atoms with Gasteiger partial charge in [-0.25, -0.2) is 4.79 Å². The zero-order valence-corrected chi connectivity index (χ0v) is 9.27. The van der Waals surface area contributed by atoms with Crippen LogP contribution in [-0.2, 0) is 19.1 Å². The minimum absolute atomic E-state index is 0.152. The van der Waals surface area contributed by atoms with Gasteiger partial charge in [-0.15, -0.1) is 0 Å². The number of hydrogen-bond acceptors (Lipinski definition) is 5. The summed E-state index contributed by atoms with van der Waals surface area (Å²) in [5.41, 5.74) is 5.21. The Morgan fingerprint density at radius 2 is 1.94 bits per heavy atom. The summed E-state index contributed by atoms with van der Waals surface area (Å²) in [7, 11) is 0. The maximum absolute atomic E-state index is 11.1. The number of hydrogen-bond donors (Lipinski definition) is 2. The van der Waals surface area contributed by atoms with Gasteiger partial charge in [-0.3, -0.25) is 9.59 Å². The Balaban J connectivity index is 3.85. The molecule has 6 heteroatoms. The molecule has 92 valence electrons. The highest BCUT2D eigenvalue weighted by Gasteiger charge is 2.21. The zero-order valence-electron chi connectivity index (χ0n) is 9.27. The van der Waals surface area contributed by atoms with Crippen molar-refractivity contribution in [3.63, 3.8) is 0 Å². The van der Waals surface area contributed by atoms with Crippen molar-refractivity contribution < 1.29 is 24.2 Å². The van der Waals surface area contributed by atoms with Crippen LogP contribution in [0, 0.1) is 0 Å². The lowest BCUT2D eigenvalue weighted by Crippen LogP contribution is -2.35. The van der Waals surface area contributed by atoms with Crippen LogP contribution in [0.3, 0.4) is 0 Å². The van der Waals surface area contributed by atoms with Crippen LogP contribution in [0.2, 0.25) is 0 Å². The molecule has 1 atom stereocenters. The van der Waals surface area contributed by atoms with Crippen molar-refractivity contribution in [3.8, 4) is 0 Å². The van der Waals surface area contributed by atoms with Crippen LogP contribution >= 0.6 is 0 Å². The Labute approximate surface area is 93.8 Å². The molecule has 0 saturated carbocycles. The average Bonchev–Trinajstić information content (AvgIpc) is 2.16. The number of ether oxygens (including phenoxy) is 1. The summed E-state index contributed by atoms with van der Waals surface area (Å²) in [5, 5.41) is 8.37. The molecule has 0 spiro atoms. The molecule has 16 heavy (non-hydrogen) atoms. The van der Waals surface area contributed by atoms with E-state index in [9.17, 15) is 14.4 Å². The van der Waals surface area contributed by atoms with Gasteiger partial charge in [0.05, 0.1) is 6.42 Å². The number of esters is 2. The molecule has 0 aromatic rings. The highest BCUT2D eigenvalue weighted by molar-refractivity contribution is 5.90. The van der Waals surface area contributed by atoms with Crippen LogP contribution in [-0.4, -0.2) is 29.1 Å². The molecule has 0 bridgehead atoms. The second-order valence-electron chi connectivity index (χ2n) is 3.45. The van der Waals surface area contributed by atoms with Gasteiger partial charge in [0.2, 0.25) is 0 Å². The lowest BCUT2D eigenvalue weighted by molar-refractivity contribution is -0.162. The van der Waals surface area contributed by atoms with Gasteiger partial charge in [-0.2, -0.15) is 0 Å². The van der Waals surface area contributed by atoms with Gasteiger partial charge in [-0.05, 0) is 6.42 Å². The summed E-state index contributed by atoms with van der Waals surface area (Å²) in [4.78, 5) is 32.4. The fraction of sp³-hybridized carbons (Fsp3) is 0.700. The number of carbonyl (C=O) groups excluding carboxylic acids is 2. The minimum Gasteiger partial charge on any atom is -0.481 e. The zero-order chi connectivity index (χ0) is 12.6. The van der Waals surface area contributed by atoms with Crippen molar-refractivity contribution >= 4 is 17.9 Å². The lowest BCUT2D eigenvalue weighted by atomic mass is 10.2. The van der Waals surface area contributed by atoms with E-state index in [1.54, 1.807) is 0 Å². The smallest absolute Gasteiger partial charge is 0.331 e. The lowest BCUT2D eigenvalue weighted by Gasteiger charge is -2.07. The van der Waals surface area contributed by atoms with E-state index in [2.05, 4.69) is 4.74 Å². The van der Waals surface area contributed by atoms with Crippen molar-refractivity contribution in [1.29, 1.82) is 0 Å². The van der Waals surface area contributed by atoms with Gasteiger partial charge in [-0.1, -0.05) is 19.8 Å². The van der Waals surface area contributed by atoms with Crippen LogP contribution < -0.4 is 5.73 Å². The Morgan fingerprint density at radius 1 is 1.31 bits per heavy atom. The molecule has 0 fully saturated rings. The number of aliphatic carboxylic acids is 1. The fourth-order valence-corrected chi connectivity index (χ4v) is 1.03. The number of carboxylic acids is 1. The van der Waals surface area contributed by atoms with E-state index in [1.807, 2.05) is 6.92 Å². The third-order valence-electron chi connectivity index (χ3n) is 1.90. The maximum atomic E-state index is 11.1. The molecule has 0 aliphatic heterocycles. The minimum atomic E-state index is -1.28. The molecule has 0 rings (SSSR count). The molecule has 0 aromatic heterocycles. The predicted octanol–water partition coefficient (Wildman–Crippen LogP) is 0.438. The molecule has 3 N–H and O–H groups in total. The van der Waals surface area contributed by atoms with Crippen LogP contribution in [0.25, 0.3) is 0 Å². The van der Waals surface area contributed by atoms with Crippen LogP contribution in [0.5, 0.6) is 0 Å². The molecular formula is C10H17NO5. The van der Waals surface area contributed by atoms with Crippen molar-refractivity contribution in [2.24, 2.45) is 5.73 Å². The van der Waals surface area contributed by atoms with E-state index < -0.39 is 30.4 Å². The highest BCUT2D eigenvalue weighted by Crippen LogP contribution is 2.02. The van der Waals surface area contributed by atoms with Crippen molar-refractivity contribution in [3.05, 3.63) is 0 Å². The third-order valence-corrected chi connectivity index (χ3v) is 1.90. The van der Waals surface area contributed by atoms with E-state index in [0.717, 1.165) is 12.8 Å². The summed E-state index contributed by atoms with van der Waals surface area (Å²) in [5.74, 6) is -2.84. The van der Waals surface area contributed by atoms with E-state index in [-0.39, 0.29) is 6.42 Å².